The van der Waals surface area contributed by atoms with E-state index in [4.69, 9.17) is 4.74 Å². The zero-order chi connectivity index (χ0) is 17.7. The average Bonchev–Trinajstić information content (AvgIpc) is 3.29. The number of esters is 1. The predicted molar refractivity (Wildman–Crippen MR) is 96.9 cm³/mol. The molecule has 0 N–H and O–H groups in total. The number of allylic oxidation sites excluding steroid dienone is 4. The van der Waals surface area contributed by atoms with Gasteiger partial charge in [0.1, 0.15) is 5.60 Å². The summed E-state index contributed by atoms with van der Waals surface area (Å²) < 4.78 is 6.10. The summed E-state index contributed by atoms with van der Waals surface area (Å²) in [7, 11) is 0. The Bertz CT molecular complexity index is 804. The maximum absolute atomic E-state index is 12.0. The molecule has 8 atom stereocenters. The largest absolute Gasteiger partial charge is 0.451 e. The number of fused-ring (bicyclic) bond motifs is 9. The van der Waals surface area contributed by atoms with Crippen molar-refractivity contribution in [3.63, 3.8) is 0 Å². The molecule has 136 valence electrons. The Balaban J connectivity index is 1.44. The summed E-state index contributed by atoms with van der Waals surface area (Å²) in [6.07, 6.45) is 16.8. The Morgan fingerprint density at radius 3 is 2.85 bits per heavy atom. The quantitative estimate of drug-likeness (QED) is 0.671. The van der Waals surface area contributed by atoms with Crippen LogP contribution in [0.25, 0.3) is 0 Å². The van der Waals surface area contributed by atoms with Crippen molar-refractivity contribution in [2.24, 2.45) is 40.9 Å². The molecule has 1 spiro atoms. The molecule has 1 aliphatic heterocycles. The third-order valence-electron chi connectivity index (χ3n) is 8.95. The third kappa shape index (κ3) is 1.62. The lowest BCUT2D eigenvalue weighted by Gasteiger charge is -2.56. The highest BCUT2D eigenvalue weighted by atomic mass is 16.6. The first-order chi connectivity index (χ1) is 12.6. The molecule has 3 fully saturated rings. The van der Waals surface area contributed by atoms with Gasteiger partial charge >= 0.3 is 5.97 Å². The Morgan fingerprint density at radius 2 is 2.08 bits per heavy atom. The maximum Gasteiger partial charge on any atom is 0.331 e. The Labute approximate surface area is 154 Å². The molecule has 6 aliphatic rings. The fraction of sp³-hybridized carbons (Fsp3) is 0.652. The van der Waals surface area contributed by atoms with Gasteiger partial charge in [-0.25, -0.2) is 4.79 Å². The van der Waals surface area contributed by atoms with Crippen LogP contribution >= 0.6 is 0 Å². The zero-order valence-corrected chi connectivity index (χ0v) is 15.3. The number of carbonyl (C=O) groups is 2. The Morgan fingerprint density at radius 1 is 1.19 bits per heavy atom. The molecule has 0 radical (unpaired) electrons. The van der Waals surface area contributed by atoms with Crippen molar-refractivity contribution in [2.75, 3.05) is 0 Å². The Kier molecular flexibility index (Phi) is 2.84. The molecule has 3 saturated carbocycles. The molecular weight excluding hydrogens is 324 g/mol. The molecule has 0 aromatic heterocycles. The highest BCUT2D eigenvalue weighted by Gasteiger charge is 2.78. The van der Waals surface area contributed by atoms with E-state index in [2.05, 4.69) is 25.2 Å². The summed E-state index contributed by atoms with van der Waals surface area (Å²) in [5.41, 5.74) is 1.06. The molecule has 5 unspecified atom stereocenters. The number of ketones is 1. The van der Waals surface area contributed by atoms with E-state index in [0.29, 0.717) is 47.7 Å². The van der Waals surface area contributed by atoms with Crippen molar-refractivity contribution in [1.29, 1.82) is 0 Å². The van der Waals surface area contributed by atoms with Crippen molar-refractivity contribution in [2.45, 2.75) is 51.0 Å². The summed E-state index contributed by atoms with van der Waals surface area (Å²) in [6.45, 7) is 2.30. The van der Waals surface area contributed by atoms with Gasteiger partial charge in [0, 0.05) is 23.8 Å². The molecule has 0 amide bonds. The molecule has 0 aromatic carbocycles. The SMILES string of the molecule is CC[C@]12CCC3C(C=CC4=CC(=O)CC[C@@H]43)C1C1CC1[C@@]21C=CC(=O)O1. The monoisotopic (exact) mass is 350 g/mol. The van der Waals surface area contributed by atoms with Crippen molar-refractivity contribution in [1.82, 2.24) is 0 Å². The van der Waals surface area contributed by atoms with E-state index in [1.165, 1.54) is 18.4 Å². The van der Waals surface area contributed by atoms with Crippen LogP contribution in [0.2, 0.25) is 0 Å². The molecule has 3 heteroatoms. The number of hydrogen-bond acceptors (Lipinski definition) is 3. The maximum atomic E-state index is 12.0. The van der Waals surface area contributed by atoms with E-state index >= 15 is 0 Å². The summed E-state index contributed by atoms with van der Waals surface area (Å²) in [6, 6.07) is 0. The first-order valence-corrected chi connectivity index (χ1v) is 10.4. The summed E-state index contributed by atoms with van der Waals surface area (Å²) in [5, 5.41) is 0. The van der Waals surface area contributed by atoms with Crippen LogP contribution in [-0.4, -0.2) is 17.4 Å². The molecule has 1 heterocycles. The van der Waals surface area contributed by atoms with Crippen LogP contribution in [0.4, 0.5) is 0 Å². The second-order valence-corrected chi connectivity index (χ2v) is 9.48. The summed E-state index contributed by atoms with van der Waals surface area (Å²) in [4.78, 5) is 23.9. The van der Waals surface area contributed by atoms with Gasteiger partial charge in [0.05, 0.1) is 0 Å². The molecule has 6 rings (SSSR count). The van der Waals surface area contributed by atoms with Gasteiger partial charge in [-0.1, -0.05) is 19.1 Å². The van der Waals surface area contributed by atoms with Gasteiger partial charge in [0.25, 0.3) is 0 Å². The molecule has 26 heavy (non-hydrogen) atoms. The van der Waals surface area contributed by atoms with Crippen LogP contribution in [0.5, 0.6) is 0 Å². The molecule has 0 aromatic rings. The van der Waals surface area contributed by atoms with E-state index in [9.17, 15) is 9.59 Å². The molecule has 5 aliphatic carbocycles. The predicted octanol–water partition coefficient (Wildman–Crippen LogP) is 4.00. The first-order valence-electron chi connectivity index (χ1n) is 10.4. The number of rotatable bonds is 1. The topological polar surface area (TPSA) is 43.4 Å². The van der Waals surface area contributed by atoms with Crippen molar-refractivity contribution in [3.8, 4) is 0 Å². The van der Waals surface area contributed by atoms with Crippen LogP contribution < -0.4 is 0 Å². The van der Waals surface area contributed by atoms with E-state index in [0.717, 1.165) is 19.3 Å². The minimum atomic E-state index is -0.328. The molecule has 3 nitrogen and oxygen atoms in total. The van der Waals surface area contributed by atoms with Crippen LogP contribution in [0.3, 0.4) is 0 Å². The highest BCUT2D eigenvalue weighted by Crippen LogP contribution is 2.78. The van der Waals surface area contributed by atoms with Gasteiger partial charge in [-0.05, 0) is 79.4 Å². The second-order valence-electron chi connectivity index (χ2n) is 9.48. The van der Waals surface area contributed by atoms with Gasteiger partial charge in [0.2, 0.25) is 0 Å². The Hall–Kier alpha value is -1.64. The summed E-state index contributed by atoms with van der Waals surface area (Å²) >= 11 is 0. The molecule has 0 saturated heterocycles. The lowest BCUT2D eigenvalue weighted by atomic mass is 9.49. The fourth-order valence-corrected chi connectivity index (χ4v) is 8.04. The van der Waals surface area contributed by atoms with Gasteiger partial charge in [-0.2, -0.15) is 0 Å². The van der Waals surface area contributed by atoms with Crippen LogP contribution in [0.1, 0.15) is 45.4 Å². The van der Waals surface area contributed by atoms with Crippen LogP contribution in [-0.2, 0) is 14.3 Å². The van der Waals surface area contributed by atoms with E-state index in [-0.39, 0.29) is 17.0 Å². The zero-order valence-electron chi connectivity index (χ0n) is 15.3. The van der Waals surface area contributed by atoms with Crippen molar-refractivity contribution >= 4 is 11.8 Å². The summed E-state index contributed by atoms with van der Waals surface area (Å²) in [5.74, 6) is 3.84. The van der Waals surface area contributed by atoms with Gasteiger partial charge in [-0.3, -0.25) is 4.79 Å². The van der Waals surface area contributed by atoms with E-state index < -0.39 is 0 Å². The van der Waals surface area contributed by atoms with Crippen molar-refractivity contribution in [3.05, 3.63) is 36.0 Å². The second kappa shape index (κ2) is 4.79. The van der Waals surface area contributed by atoms with E-state index in [1.807, 2.05) is 6.08 Å². The fourth-order valence-electron chi connectivity index (χ4n) is 8.04. The van der Waals surface area contributed by atoms with Crippen molar-refractivity contribution < 1.29 is 14.3 Å². The highest BCUT2D eigenvalue weighted by molar-refractivity contribution is 5.92. The standard InChI is InChI=1S/C23H26O3/c1-2-22-9-7-16-15-6-4-14(24)11-13(15)3-5-17(16)21(22)18-12-19(18)23(22)10-8-20(25)26-23/h3,5,8,10-11,15-19,21H,2,4,6-7,9,12H2,1H3/t15-,16?,17?,18?,19?,21?,22-,23-/m0/s1. The third-order valence-corrected chi connectivity index (χ3v) is 8.95. The molecular formula is C23H26O3. The van der Waals surface area contributed by atoms with E-state index in [1.54, 1.807) is 6.08 Å². The lowest BCUT2D eigenvalue weighted by molar-refractivity contribution is -0.169. The lowest BCUT2D eigenvalue weighted by Crippen LogP contribution is -2.55. The first kappa shape index (κ1) is 15.4. The normalized spacial score (nSPS) is 52.9. The average molecular weight is 350 g/mol. The minimum absolute atomic E-state index is 0.112. The number of ether oxygens (including phenoxy) is 1. The smallest absolute Gasteiger partial charge is 0.331 e. The number of hydrogen-bond donors (Lipinski definition) is 0. The molecule has 0 bridgehead atoms. The van der Waals surface area contributed by atoms with Crippen LogP contribution in [0, 0.1) is 40.9 Å². The number of carbonyl (C=O) groups excluding carboxylic acids is 2. The van der Waals surface area contributed by atoms with Gasteiger partial charge in [0.15, 0.2) is 5.78 Å². The van der Waals surface area contributed by atoms with Gasteiger partial charge in [-0.15, -0.1) is 0 Å². The van der Waals surface area contributed by atoms with Gasteiger partial charge < -0.3 is 4.74 Å². The minimum Gasteiger partial charge on any atom is -0.451 e. The van der Waals surface area contributed by atoms with Crippen LogP contribution in [0.15, 0.2) is 36.0 Å².